The Bertz CT molecular complexity index is 1790. The van der Waals surface area contributed by atoms with E-state index in [1.54, 1.807) is 0 Å². The van der Waals surface area contributed by atoms with Crippen molar-refractivity contribution in [2.45, 2.75) is 104 Å². The van der Waals surface area contributed by atoms with Crippen LogP contribution in [0.5, 0.6) is 0 Å². The second-order valence-electron chi connectivity index (χ2n) is 9.95. The molecule has 2 aliphatic rings. The standard InChI is InChI=1S/C21H15N3.C7H3Cl2NO2.C7H9N.5C2H6.2CH4/c1-3-8-16-14(6-1)12-20(22-16)18-10-5-11-19(24-18)21-13-15-7-2-4-9-17(15)23-21;8-6(11)4-2-1-3-5(10-4)7(9)12;1-6-4-2-3-5-7(6)8;5*1-2;;/h1-11H,12-13H2;1-3H;2-5H,8H2,1H3;5*1-2H3;2*1H4. The van der Waals surface area contributed by atoms with E-state index < -0.39 is 10.5 Å². The van der Waals surface area contributed by atoms with Gasteiger partial charge in [0.15, 0.2) is 0 Å². The summed E-state index contributed by atoms with van der Waals surface area (Å²) in [7, 11) is 0. The molecule has 56 heavy (non-hydrogen) atoms. The quantitative estimate of drug-likeness (QED) is 0.144. The summed E-state index contributed by atoms with van der Waals surface area (Å²) in [5, 5.41) is -1.43. The average molecular weight is 803 g/mol. The molecular formula is C47H65Cl2N5O2. The molecule has 0 amide bonds. The van der Waals surface area contributed by atoms with Gasteiger partial charge in [-0.1, -0.05) is 151 Å². The molecule has 0 atom stereocenters. The smallest absolute Gasteiger partial charge is 0.270 e. The van der Waals surface area contributed by atoms with E-state index in [-0.39, 0.29) is 26.2 Å². The number of anilines is 1. The van der Waals surface area contributed by atoms with E-state index >= 15 is 0 Å². The van der Waals surface area contributed by atoms with Crippen LogP contribution in [0.2, 0.25) is 0 Å². The van der Waals surface area contributed by atoms with Crippen molar-refractivity contribution in [2.24, 2.45) is 9.98 Å². The van der Waals surface area contributed by atoms with Crippen molar-refractivity contribution in [1.82, 2.24) is 9.97 Å². The Labute approximate surface area is 348 Å². The van der Waals surface area contributed by atoms with E-state index in [1.165, 1.54) is 29.3 Å². The highest BCUT2D eigenvalue weighted by atomic mass is 35.5. The van der Waals surface area contributed by atoms with Crippen LogP contribution in [-0.4, -0.2) is 31.9 Å². The van der Waals surface area contributed by atoms with Gasteiger partial charge in [-0.2, -0.15) is 0 Å². The van der Waals surface area contributed by atoms with Crippen molar-refractivity contribution >= 4 is 62.2 Å². The van der Waals surface area contributed by atoms with Crippen LogP contribution in [-0.2, 0) is 12.8 Å². The van der Waals surface area contributed by atoms with Crippen LogP contribution >= 0.6 is 23.2 Å². The van der Waals surface area contributed by atoms with Crippen LogP contribution in [0.4, 0.5) is 17.1 Å². The second-order valence-corrected chi connectivity index (χ2v) is 10.6. The number of nitrogen functional groups attached to an aromatic ring is 1. The summed E-state index contributed by atoms with van der Waals surface area (Å²) in [6.07, 6.45) is 1.69. The highest BCUT2D eigenvalue weighted by molar-refractivity contribution is 6.68. The minimum atomic E-state index is -0.713. The molecule has 0 radical (unpaired) electrons. The van der Waals surface area contributed by atoms with Crippen molar-refractivity contribution < 1.29 is 9.59 Å². The SMILES string of the molecule is C.C.CC.CC.CC.CC.CC.Cc1ccccc1N.O=C(Cl)c1cccc(C(=O)Cl)n1.c1cc(C2=Nc3ccccc3C2)nc(C2=Nc3ccccc3C2)c1. The molecule has 0 spiro atoms. The van der Waals surface area contributed by atoms with Gasteiger partial charge in [0.05, 0.1) is 34.2 Å². The first-order valence-corrected chi connectivity index (χ1v) is 19.5. The third-order valence-electron chi connectivity index (χ3n) is 6.89. The number of pyridine rings is 2. The van der Waals surface area contributed by atoms with Crippen LogP contribution in [0.1, 0.15) is 133 Å². The molecular weight excluding hydrogens is 737 g/mol. The fourth-order valence-corrected chi connectivity index (χ4v) is 4.77. The maximum absolute atomic E-state index is 10.6. The van der Waals surface area contributed by atoms with Gasteiger partial charge < -0.3 is 5.73 Å². The first-order valence-electron chi connectivity index (χ1n) is 18.7. The van der Waals surface area contributed by atoms with Gasteiger partial charge in [0.1, 0.15) is 11.4 Å². The molecule has 0 unspecified atom stereocenters. The zero-order chi connectivity index (χ0) is 41.1. The van der Waals surface area contributed by atoms with Gasteiger partial charge in [0.25, 0.3) is 10.5 Å². The Hall–Kier alpha value is -4.98. The molecule has 0 fully saturated rings. The zero-order valence-corrected chi connectivity index (χ0v) is 35.3. The molecule has 3 aromatic carbocycles. The Morgan fingerprint density at radius 3 is 1.20 bits per heavy atom. The third kappa shape index (κ3) is 17.7. The lowest BCUT2D eigenvalue weighted by Gasteiger charge is -2.04. The summed E-state index contributed by atoms with van der Waals surface area (Å²) in [5.41, 5.74) is 16.2. The maximum atomic E-state index is 10.6. The number of aromatic nitrogens is 2. The van der Waals surface area contributed by atoms with Gasteiger partial charge in [-0.05, 0) is 89.3 Å². The molecule has 4 heterocycles. The number of rotatable bonds is 4. The molecule has 0 saturated carbocycles. The summed E-state index contributed by atoms with van der Waals surface area (Å²) < 4.78 is 0. The highest BCUT2D eigenvalue weighted by Gasteiger charge is 2.20. The van der Waals surface area contributed by atoms with E-state index in [0.29, 0.717) is 0 Å². The topological polar surface area (TPSA) is 111 Å². The Kier molecular flexibility index (Phi) is 31.9. The molecule has 2 aromatic heterocycles. The van der Waals surface area contributed by atoms with Gasteiger partial charge in [-0.3, -0.25) is 19.6 Å². The summed E-state index contributed by atoms with van der Waals surface area (Å²) in [4.78, 5) is 39.1. The van der Waals surface area contributed by atoms with Crippen LogP contribution in [0.3, 0.4) is 0 Å². The Morgan fingerprint density at radius 1 is 0.500 bits per heavy atom. The minimum Gasteiger partial charge on any atom is -0.399 e. The largest absolute Gasteiger partial charge is 0.399 e. The lowest BCUT2D eigenvalue weighted by molar-refractivity contribution is 0.107. The summed E-state index contributed by atoms with van der Waals surface area (Å²) in [5.74, 6) is 0. The number of nitrogens with zero attached hydrogens (tertiary/aromatic N) is 4. The van der Waals surface area contributed by atoms with Crippen LogP contribution in [0, 0.1) is 6.92 Å². The van der Waals surface area contributed by atoms with Crippen molar-refractivity contribution in [3.63, 3.8) is 0 Å². The zero-order valence-electron chi connectivity index (χ0n) is 33.7. The van der Waals surface area contributed by atoms with Gasteiger partial charge in [0, 0.05) is 18.5 Å². The molecule has 0 saturated heterocycles. The lowest BCUT2D eigenvalue weighted by atomic mass is 10.1. The van der Waals surface area contributed by atoms with Gasteiger partial charge in [-0.25, -0.2) is 9.97 Å². The number of benzene rings is 3. The number of aryl methyl sites for hydroxylation is 1. The number of fused-ring (bicyclic) bond motifs is 2. The van der Waals surface area contributed by atoms with E-state index in [0.717, 1.165) is 58.3 Å². The minimum absolute atomic E-state index is 0. The lowest BCUT2D eigenvalue weighted by Crippen LogP contribution is -2.09. The van der Waals surface area contributed by atoms with Crippen LogP contribution in [0.25, 0.3) is 0 Å². The third-order valence-corrected chi connectivity index (χ3v) is 7.28. The summed E-state index contributed by atoms with van der Waals surface area (Å²) >= 11 is 10.2. The molecule has 2 N–H and O–H groups in total. The van der Waals surface area contributed by atoms with Gasteiger partial charge in [-0.15, -0.1) is 0 Å². The Morgan fingerprint density at radius 2 is 0.857 bits per heavy atom. The maximum Gasteiger partial charge on any atom is 0.270 e. The molecule has 7 rings (SSSR count). The monoisotopic (exact) mass is 801 g/mol. The number of halogens is 2. The van der Waals surface area contributed by atoms with Crippen molar-refractivity contribution in [3.05, 3.63) is 149 Å². The van der Waals surface area contributed by atoms with Crippen molar-refractivity contribution in [3.8, 4) is 0 Å². The Balaban J connectivity index is -0.000000746. The number of hydrogen-bond acceptors (Lipinski definition) is 7. The number of hydrogen-bond donors (Lipinski definition) is 1. The molecule has 2 aliphatic heterocycles. The summed E-state index contributed by atoms with van der Waals surface area (Å²) in [6, 6.07) is 34.8. The van der Waals surface area contributed by atoms with Gasteiger partial charge >= 0.3 is 0 Å². The number of nitrogens with two attached hydrogens (primary N) is 1. The molecule has 304 valence electrons. The van der Waals surface area contributed by atoms with E-state index in [2.05, 4.69) is 47.4 Å². The molecule has 0 bridgehead atoms. The molecule has 9 heteroatoms. The highest BCUT2D eigenvalue weighted by Crippen LogP contribution is 2.30. The average Bonchev–Trinajstić information content (AvgIpc) is 3.89. The van der Waals surface area contributed by atoms with Crippen molar-refractivity contribution in [1.29, 1.82) is 0 Å². The molecule has 5 aromatic rings. The predicted octanol–water partition coefficient (Wildman–Crippen LogP) is 14.3. The predicted molar refractivity (Wildman–Crippen MR) is 247 cm³/mol. The van der Waals surface area contributed by atoms with E-state index in [4.69, 9.17) is 43.9 Å². The van der Waals surface area contributed by atoms with E-state index in [9.17, 15) is 9.59 Å². The first kappa shape index (κ1) is 55.4. The number of aliphatic imine (C=N–C) groups is 2. The fourth-order valence-electron chi connectivity index (χ4n) is 4.56. The molecule has 0 aliphatic carbocycles. The van der Waals surface area contributed by atoms with Gasteiger partial charge in [0.2, 0.25) is 0 Å². The second kappa shape index (κ2) is 32.3. The van der Waals surface area contributed by atoms with E-state index in [1.807, 2.05) is 125 Å². The first-order chi connectivity index (χ1) is 26.3. The number of para-hydroxylation sites is 3. The number of carbonyl (C=O) groups excluding carboxylic acids is 2. The number of carbonyl (C=O) groups is 2. The van der Waals surface area contributed by atoms with Crippen LogP contribution < -0.4 is 5.73 Å². The van der Waals surface area contributed by atoms with Crippen molar-refractivity contribution in [2.75, 3.05) is 5.73 Å². The fraction of sp³-hybridized carbons (Fsp3) is 0.319. The van der Waals surface area contributed by atoms with Crippen LogP contribution in [0.15, 0.2) is 119 Å². The molecule has 7 nitrogen and oxygen atoms in total. The normalized spacial score (nSPS) is 10.2. The summed E-state index contributed by atoms with van der Waals surface area (Å²) in [6.45, 7) is 22.0.